The van der Waals surface area contributed by atoms with Crippen molar-refractivity contribution in [2.75, 3.05) is 20.9 Å². The van der Waals surface area contributed by atoms with Crippen LogP contribution < -0.4 is 9.47 Å². The Hall–Kier alpha value is -0.770. The molecule has 1 rings (SSSR count). The smallest absolute Gasteiger partial charge is 0.161 e. The Bertz CT molecular complexity index is 329. The van der Waals surface area contributed by atoms with Gasteiger partial charge in [-0.3, -0.25) is 4.39 Å². The minimum absolute atomic E-state index is 0.305. The quantitative estimate of drug-likeness (QED) is 0.821. The number of hydrogen-bond donors (Lipinski definition) is 0. The summed E-state index contributed by atoms with van der Waals surface area (Å²) in [5, 5.41) is 0. The van der Waals surface area contributed by atoms with Gasteiger partial charge in [0, 0.05) is 4.47 Å². The number of aryl methyl sites for hydroxylation is 1. The highest BCUT2D eigenvalue weighted by Crippen LogP contribution is 2.33. The lowest BCUT2D eigenvalue weighted by molar-refractivity contribution is 0.354. The lowest BCUT2D eigenvalue weighted by Gasteiger charge is -2.11. The van der Waals surface area contributed by atoms with Crippen LogP contribution in [0.4, 0.5) is 4.39 Å². The molecule has 0 radical (unpaired) electrons. The second kappa shape index (κ2) is 5.95. The maximum Gasteiger partial charge on any atom is 0.161 e. The van der Waals surface area contributed by atoms with Crippen molar-refractivity contribution in [2.45, 2.75) is 12.8 Å². The summed E-state index contributed by atoms with van der Waals surface area (Å²) < 4.78 is 23.3. The average molecular weight is 277 g/mol. The van der Waals surface area contributed by atoms with Gasteiger partial charge in [-0.1, -0.05) is 15.9 Å². The van der Waals surface area contributed by atoms with Crippen molar-refractivity contribution in [3.8, 4) is 11.5 Å². The number of halogens is 2. The molecule has 1 aromatic carbocycles. The summed E-state index contributed by atoms with van der Waals surface area (Å²) >= 11 is 3.42. The fourth-order valence-corrected chi connectivity index (χ4v) is 1.87. The minimum atomic E-state index is -0.305. The number of methoxy groups -OCH3 is 2. The Balaban J connectivity index is 2.97. The predicted octanol–water partition coefficient (Wildman–Crippen LogP) is 3.37. The van der Waals surface area contributed by atoms with E-state index in [2.05, 4.69) is 15.9 Å². The van der Waals surface area contributed by atoms with E-state index in [1.807, 2.05) is 12.1 Å². The monoisotopic (exact) mass is 276 g/mol. The highest BCUT2D eigenvalue weighted by Gasteiger charge is 2.08. The van der Waals surface area contributed by atoms with Gasteiger partial charge in [0.2, 0.25) is 0 Å². The van der Waals surface area contributed by atoms with Crippen LogP contribution in [0, 0.1) is 0 Å². The van der Waals surface area contributed by atoms with E-state index in [0.29, 0.717) is 24.3 Å². The molecule has 0 fully saturated rings. The molecule has 0 N–H and O–H groups in total. The molecule has 0 aliphatic heterocycles. The van der Waals surface area contributed by atoms with Crippen molar-refractivity contribution < 1.29 is 13.9 Å². The summed E-state index contributed by atoms with van der Waals surface area (Å²) in [4.78, 5) is 0. The molecule has 15 heavy (non-hydrogen) atoms. The van der Waals surface area contributed by atoms with E-state index in [9.17, 15) is 4.39 Å². The molecule has 0 unspecified atom stereocenters. The zero-order valence-corrected chi connectivity index (χ0v) is 10.4. The molecule has 0 heterocycles. The molecule has 4 heteroatoms. The van der Waals surface area contributed by atoms with Gasteiger partial charge in [-0.15, -0.1) is 0 Å². The summed E-state index contributed by atoms with van der Waals surface area (Å²) in [6.45, 7) is -0.305. The van der Waals surface area contributed by atoms with Crippen LogP contribution in [-0.2, 0) is 6.42 Å². The first kappa shape index (κ1) is 12.3. The molecule has 0 saturated heterocycles. The lowest BCUT2D eigenvalue weighted by atomic mass is 10.1. The Labute approximate surface area is 97.5 Å². The van der Waals surface area contributed by atoms with Gasteiger partial charge >= 0.3 is 0 Å². The molecule has 0 spiro atoms. The Morgan fingerprint density at radius 3 is 2.33 bits per heavy atom. The SMILES string of the molecule is COc1cc(Br)c(CCCF)cc1OC. The molecular formula is C11H14BrFO2. The van der Waals surface area contributed by atoms with Gasteiger partial charge in [-0.05, 0) is 30.5 Å². The number of hydrogen-bond acceptors (Lipinski definition) is 2. The van der Waals surface area contributed by atoms with Gasteiger partial charge in [0.1, 0.15) is 0 Å². The molecule has 0 atom stereocenters. The lowest BCUT2D eigenvalue weighted by Crippen LogP contribution is -1.95. The predicted molar refractivity (Wildman–Crippen MR) is 61.5 cm³/mol. The third kappa shape index (κ3) is 3.09. The van der Waals surface area contributed by atoms with Gasteiger partial charge < -0.3 is 9.47 Å². The Morgan fingerprint density at radius 2 is 1.80 bits per heavy atom. The molecule has 0 aromatic heterocycles. The third-order valence-corrected chi connectivity index (χ3v) is 2.87. The molecule has 1 aromatic rings. The van der Waals surface area contributed by atoms with E-state index in [1.54, 1.807) is 14.2 Å². The molecule has 0 amide bonds. The largest absolute Gasteiger partial charge is 0.493 e. The van der Waals surface area contributed by atoms with E-state index in [0.717, 1.165) is 10.0 Å². The van der Waals surface area contributed by atoms with Crippen LogP contribution in [0.2, 0.25) is 0 Å². The summed E-state index contributed by atoms with van der Waals surface area (Å²) in [5.74, 6) is 1.35. The van der Waals surface area contributed by atoms with Gasteiger partial charge in [-0.25, -0.2) is 0 Å². The topological polar surface area (TPSA) is 18.5 Å². The molecule has 84 valence electrons. The van der Waals surface area contributed by atoms with Crippen molar-refractivity contribution in [2.24, 2.45) is 0 Å². The second-order valence-corrected chi connectivity index (χ2v) is 3.95. The van der Waals surface area contributed by atoms with E-state index in [4.69, 9.17) is 9.47 Å². The van der Waals surface area contributed by atoms with E-state index < -0.39 is 0 Å². The molecular weight excluding hydrogens is 263 g/mol. The van der Waals surface area contributed by atoms with Crippen LogP contribution in [0.15, 0.2) is 16.6 Å². The Morgan fingerprint density at radius 1 is 1.20 bits per heavy atom. The van der Waals surface area contributed by atoms with E-state index in [1.165, 1.54) is 0 Å². The number of alkyl halides is 1. The van der Waals surface area contributed by atoms with Crippen molar-refractivity contribution in [1.82, 2.24) is 0 Å². The van der Waals surface area contributed by atoms with Crippen molar-refractivity contribution in [1.29, 1.82) is 0 Å². The fraction of sp³-hybridized carbons (Fsp3) is 0.455. The van der Waals surface area contributed by atoms with Crippen LogP contribution >= 0.6 is 15.9 Å². The van der Waals surface area contributed by atoms with Crippen molar-refractivity contribution in [3.63, 3.8) is 0 Å². The molecule has 2 nitrogen and oxygen atoms in total. The Kier molecular flexibility index (Phi) is 4.88. The zero-order chi connectivity index (χ0) is 11.3. The zero-order valence-electron chi connectivity index (χ0n) is 8.85. The van der Waals surface area contributed by atoms with Gasteiger partial charge in [-0.2, -0.15) is 0 Å². The number of ether oxygens (including phenoxy) is 2. The number of benzene rings is 1. The fourth-order valence-electron chi connectivity index (χ4n) is 1.35. The van der Waals surface area contributed by atoms with Gasteiger partial charge in [0.15, 0.2) is 11.5 Å². The number of rotatable bonds is 5. The minimum Gasteiger partial charge on any atom is -0.493 e. The third-order valence-electron chi connectivity index (χ3n) is 2.13. The molecule has 0 bridgehead atoms. The second-order valence-electron chi connectivity index (χ2n) is 3.09. The highest BCUT2D eigenvalue weighted by molar-refractivity contribution is 9.10. The molecule has 0 aliphatic rings. The van der Waals surface area contributed by atoms with Gasteiger partial charge in [0.05, 0.1) is 20.9 Å². The first-order valence-corrected chi connectivity index (χ1v) is 5.48. The van der Waals surface area contributed by atoms with Crippen LogP contribution in [0.1, 0.15) is 12.0 Å². The summed E-state index contributed by atoms with van der Waals surface area (Å²) in [5.41, 5.74) is 1.03. The first-order valence-electron chi connectivity index (χ1n) is 4.69. The van der Waals surface area contributed by atoms with Crippen LogP contribution in [0.5, 0.6) is 11.5 Å². The normalized spacial score (nSPS) is 10.1. The molecule has 0 aliphatic carbocycles. The standard InChI is InChI=1S/C11H14BrFO2/c1-14-10-6-8(4-3-5-13)9(12)7-11(10)15-2/h6-7H,3-5H2,1-2H3. The highest BCUT2D eigenvalue weighted by atomic mass is 79.9. The van der Waals surface area contributed by atoms with Crippen molar-refractivity contribution >= 4 is 15.9 Å². The summed E-state index contributed by atoms with van der Waals surface area (Å²) in [6, 6.07) is 3.71. The molecule has 0 saturated carbocycles. The van der Waals surface area contributed by atoms with Gasteiger partial charge in [0.25, 0.3) is 0 Å². The van der Waals surface area contributed by atoms with E-state index in [-0.39, 0.29) is 6.67 Å². The van der Waals surface area contributed by atoms with Crippen LogP contribution in [-0.4, -0.2) is 20.9 Å². The maximum atomic E-state index is 12.1. The van der Waals surface area contributed by atoms with Crippen molar-refractivity contribution in [3.05, 3.63) is 22.2 Å². The summed E-state index contributed by atoms with van der Waals surface area (Å²) in [6.07, 6.45) is 1.21. The summed E-state index contributed by atoms with van der Waals surface area (Å²) in [7, 11) is 3.18. The maximum absolute atomic E-state index is 12.1. The van der Waals surface area contributed by atoms with Crippen LogP contribution in [0.3, 0.4) is 0 Å². The average Bonchev–Trinajstić information content (AvgIpc) is 2.27. The van der Waals surface area contributed by atoms with E-state index >= 15 is 0 Å². The first-order chi connectivity index (χ1) is 7.22. The van der Waals surface area contributed by atoms with Crippen LogP contribution in [0.25, 0.3) is 0 Å².